The molecule has 1 aliphatic carbocycles. The van der Waals surface area contributed by atoms with Gasteiger partial charge >= 0.3 is 0 Å². The van der Waals surface area contributed by atoms with Crippen LogP contribution in [0.3, 0.4) is 0 Å². The van der Waals surface area contributed by atoms with Crippen LogP contribution in [0.25, 0.3) is 15.9 Å². The molecule has 0 saturated carbocycles. The first kappa shape index (κ1) is 18.4. The lowest BCUT2D eigenvalue weighted by molar-refractivity contribution is 0.218. The summed E-state index contributed by atoms with van der Waals surface area (Å²) < 4.78 is 7.25. The fourth-order valence-corrected chi connectivity index (χ4v) is 5.64. The smallest absolute Gasteiger partial charge is 0.267 e. The lowest BCUT2D eigenvalue weighted by atomic mass is 9.72. The minimum absolute atomic E-state index is 0.0226. The number of rotatable bonds is 2. The molecule has 0 amide bonds. The third-order valence-corrected chi connectivity index (χ3v) is 7.12. The number of fused-ring (bicyclic) bond motifs is 3. The average molecular weight is 401 g/mol. The highest BCUT2D eigenvalue weighted by Gasteiger charge is 2.31. The van der Waals surface area contributed by atoms with Gasteiger partial charge in [-0.05, 0) is 72.6 Å². The molecule has 0 saturated heterocycles. The Labute approximate surface area is 167 Å². The Morgan fingerprint density at radius 2 is 1.96 bits per heavy atom. The Balaban J connectivity index is 1.87. The topological polar surface area (TPSA) is 47.0 Å². The summed E-state index contributed by atoms with van der Waals surface area (Å²) in [5.74, 6) is 1.40. The van der Waals surface area contributed by atoms with E-state index in [9.17, 15) is 4.79 Å². The van der Waals surface area contributed by atoms with Gasteiger partial charge in [-0.3, -0.25) is 9.36 Å². The highest BCUT2D eigenvalue weighted by Crippen LogP contribution is 2.42. The molecule has 0 bridgehead atoms. The van der Waals surface area contributed by atoms with Crippen molar-refractivity contribution in [3.8, 4) is 11.4 Å². The summed E-state index contributed by atoms with van der Waals surface area (Å²) in [6.45, 7) is 6.92. The van der Waals surface area contributed by atoms with Crippen LogP contribution in [0.5, 0.6) is 5.75 Å². The summed E-state index contributed by atoms with van der Waals surface area (Å²) in [6, 6.07) is 7.42. The van der Waals surface area contributed by atoms with Crippen molar-refractivity contribution in [1.29, 1.82) is 0 Å². The van der Waals surface area contributed by atoms with Crippen LogP contribution in [0.1, 0.15) is 37.6 Å². The van der Waals surface area contributed by atoms with Crippen LogP contribution in [0.2, 0.25) is 0 Å². The summed E-state index contributed by atoms with van der Waals surface area (Å²) in [6.07, 6.45) is 3.13. The summed E-state index contributed by atoms with van der Waals surface area (Å²) in [5.41, 5.74) is 2.23. The maximum atomic E-state index is 13.4. The van der Waals surface area contributed by atoms with Gasteiger partial charge in [-0.2, -0.15) is 0 Å². The third kappa shape index (κ3) is 3.15. The van der Waals surface area contributed by atoms with Crippen molar-refractivity contribution in [1.82, 2.24) is 9.55 Å². The van der Waals surface area contributed by atoms with Crippen LogP contribution in [0.15, 0.2) is 29.1 Å². The van der Waals surface area contributed by atoms with Gasteiger partial charge in [0.1, 0.15) is 10.6 Å². The quantitative estimate of drug-likeness (QED) is 0.596. The van der Waals surface area contributed by atoms with Gasteiger partial charge in [0.15, 0.2) is 4.77 Å². The van der Waals surface area contributed by atoms with Gasteiger partial charge in [0, 0.05) is 4.88 Å². The predicted molar refractivity (Wildman–Crippen MR) is 114 cm³/mol. The molecule has 1 aromatic carbocycles. The zero-order valence-corrected chi connectivity index (χ0v) is 17.7. The molecule has 4 rings (SSSR count). The van der Waals surface area contributed by atoms with E-state index in [0.717, 1.165) is 40.9 Å². The zero-order chi connectivity index (χ0) is 19.3. The van der Waals surface area contributed by atoms with Crippen molar-refractivity contribution in [3.63, 3.8) is 0 Å². The van der Waals surface area contributed by atoms with E-state index in [-0.39, 0.29) is 11.0 Å². The minimum Gasteiger partial charge on any atom is -0.497 e. The number of nitrogens with zero attached hydrogens (tertiary/aromatic N) is 1. The summed E-state index contributed by atoms with van der Waals surface area (Å²) in [7, 11) is 1.63. The van der Waals surface area contributed by atoms with Crippen LogP contribution in [-0.4, -0.2) is 16.7 Å². The van der Waals surface area contributed by atoms with E-state index in [1.165, 1.54) is 10.4 Å². The zero-order valence-electron chi connectivity index (χ0n) is 16.1. The molecule has 3 aromatic rings. The highest BCUT2D eigenvalue weighted by atomic mass is 32.1. The van der Waals surface area contributed by atoms with E-state index in [0.29, 0.717) is 10.7 Å². The Kier molecular flexibility index (Phi) is 4.51. The van der Waals surface area contributed by atoms with Crippen LogP contribution >= 0.6 is 23.6 Å². The van der Waals surface area contributed by atoms with Crippen LogP contribution in [0, 0.1) is 16.1 Å². The number of aromatic amines is 1. The molecular formula is C21H24N2O2S2. The Bertz CT molecular complexity index is 1110. The molecule has 0 spiro atoms. The Hall–Kier alpha value is -1.92. The maximum absolute atomic E-state index is 13.4. The number of nitrogens with one attached hydrogen (secondary N) is 1. The van der Waals surface area contributed by atoms with E-state index in [4.69, 9.17) is 17.0 Å². The number of hydrogen-bond acceptors (Lipinski definition) is 4. The molecule has 27 heavy (non-hydrogen) atoms. The van der Waals surface area contributed by atoms with E-state index < -0.39 is 0 Å². The second kappa shape index (κ2) is 6.60. The molecule has 0 fully saturated rings. The monoisotopic (exact) mass is 400 g/mol. The van der Waals surface area contributed by atoms with Gasteiger partial charge in [0.05, 0.1) is 18.2 Å². The molecule has 0 unspecified atom stereocenters. The predicted octanol–water partition coefficient (Wildman–Crippen LogP) is 5.27. The number of thiophene rings is 1. The molecule has 2 heterocycles. The number of benzene rings is 1. The second-order valence-corrected chi connectivity index (χ2v) is 9.77. The van der Waals surface area contributed by atoms with Crippen molar-refractivity contribution in [2.24, 2.45) is 11.3 Å². The lowest BCUT2D eigenvalue weighted by Crippen LogP contribution is -2.27. The fourth-order valence-electron chi connectivity index (χ4n) is 3.96. The van der Waals surface area contributed by atoms with Gasteiger partial charge in [-0.1, -0.05) is 20.8 Å². The Morgan fingerprint density at radius 3 is 2.59 bits per heavy atom. The lowest BCUT2D eigenvalue weighted by Gasteiger charge is -2.33. The number of hydrogen-bond donors (Lipinski definition) is 1. The molecule has 0 radical (unpaired) electrons. The van der Waals surface area contributed by atoms with Crippen LogP contribution < -0.4 is 10.3 Å². The molecule has 0 aliphatic heterocycles. The number of ether oxygens (including phenoxy) is 1. The van der Waals surface area contributed by atoms with Crippen molar-refractivity contribution in [3.05, 3.63) is 49.8 Å². The van der Waals surface area contributed by atoms with Crippen LogP contribution in [0.4, 0.5) is 0 Å². The largest absolute Gasteiger partial charge is 0.497 e. The molecule has 2 aromatic heterocycles. The number of aryl methyl sites for hydroxylation is 1. The third-order valence-electron chi connectivity index (χ3n) is 5.66. The number of aromatic nitrogens is 2. The first-order valence-corrected chi connectivity index (χ1v) is 10.5. The summed E-state index contributed by atoms with van der Waals surface area (Å²) in [5, 5.41) is 0.812. The molecule has 142 valence electrons. The van der Waals surface area contributed by atoms with Gasteiger partial charge in [0.25, 0.3) is 5.56 Å². The first-order chi connectivity index (χ1) is 12.8. The molecular weight excluding hydrogens is 376 g/mol. The molecule has 6 heteroatoms. The average Bonchev–Trinajstić information content (AvgIpc) is 2.98. The normalized spacial score (nSPS) is 17.1. The Morgan fingerprint density at radius 1 is 1.26 bits per heavy atom. The summed E-state index contributed by atoms with van der Waals surface area (Å²) in [4.78, 5) is 18.9. The van der Waals surface area contributed by atoms with Gasteiger partial charge in [-0.25, -0.2) is 0 Å². The van der Waals surface area contributed by atoms with Crippen molar-refractivity contribution >= 4 is 33.8 Å². The first-order valence-electron chi connectivity index (χ1n) is 9.23. The van der Waals surface area contributed by atoms with Crippen molar-refractivity contribution in [2.45, 2.75) is 40.0 Å². The van der Waals surface area contributed by atoms with E-state index >= 15 is 0 Å². The number of methoxy groups -OCH3 is 1. The minimum atomic E-state index is -0.0226. The fraction of sp³-hybridized carbons (Fsp3) is 0.429. The second-order valence-electron chi connectivity index (χ2n) is 8.28. The number of H-pyrrole nitrogens is 1. The van der Waals surface area contributed by atoms with Gasteiger partial charge < -0.3 is 9.72 Å². The molecule has 1 aliphatic rings. The molecule has 1 N–H and O–H groups in total. The maximum Gasteiger partial charge on any atom is 0.267 e. The van der Waals surface area contributed by atoms with E-state index in [1.54, 1.807) is 23.0 Å². The van der Waals surface area contributed by atoms with Crippen molar-refractivity contribution in [2.75, 3.05) is 7.11 Å². The summed E-state index contributed by atoms with van der Waals surface area (Å²) >= 11 is 7.22. The van der Waals surface area contributed by atoms with E-state index in [1.807, 2.05) is 24.3 Å². The van der Waals surface area contributed by atoms with Crippen LogP contribution in [-0.2, 0) is 12.8 Å². The molecule has 1 atom stereocenters. The highest BCUT2D eigenvalue weighted by molar-refractivity contribution is 7.71. The SMILES string of the molecule is COc1ccc(-n2c(=S)[nH]c3sc4c(c3c2=O)CC[C@H](C(C)(C)C)C4)cc1. The van der Waals surface area contributed by atoms with E-state index in [2.05, 4.69) is 25.8 Å². The standard InChI is InChI=1S/C21H24N2O2S2/c1-21(2,3)12-5-10-15-16(11-12)27-18-17(15)19(24)23(20(26)22-18)13-6-8-14(25-4)9-7-13/h6-9,12H,5,10-11H2,1-4H3,(H,22,26)/t12-/m0/s1. The molecule has 4 nitrogen and oxygen atoms in total. The van der Waals surface area contributed by atoms with Gasteiger partial charge in [0.2, 0.25) is 0 Å². The van der Waals surface area contributed by atoms with Gasteiger partial charge in [-0.15, -0.1) is 11.3 Å². The van der Waals surface area contributed by atoms with Crippen molar-refractivity contribution < 1.29 is 4.74 Å².